The summed E-state index contributed by atoms with van der Waals surface area (Å²) in [7, 11) is -2.20. The first-order chi connectivity index (χ1) is 14.1. The quantitative estimate of drug-likeness (QED) is 0.578. The normalized spacial score (nSPS) is 12.1. The number of benzene rings is 2. The van der Waals surface area contributed by atoms with Crippen molar-refractivity contribution >= 4 is 43.5 Å². The number of halogens is 1. The summed E-state index contributed by atoms with van der Waals surface area (Å²) in [6.45, 7) is 1.53. The summed E-state index contributed by atoms with van der Waals surface area (Å²) in [5.74, 6) is -0.763. The molecule has 0 heterocycles. The van der Waals surface area contributed by atoms with E-state index in [-0.39, 0.29) is 12.5 Å². The maximum atomic E-state index is 13.2. The minimum atomic E-state index is -3.71. The Morgan fingerprint density at radius 2 is 1.67 bits per heavy atom. The smallest absolute Gasteiger partial charge is 0.244 e. The van der Waals surface area contributed by atoms with Crippen molar-refractivity contribution in [3.05, 3.63) is 64.6 Å². The third-order valence-corrected chi connectivity index (χ3v) is 6.36. The van der Waals surface area contributed by atoms with E-state index in [0.29, 0.717) is 12.1 Å². The number of hydrogen-bond donors (Lipinski definition) is 1. The molecule has 2 amide bonds. The first-order valence-corrected chi connectivity index (χ1v) is 12.1. The molecule has 0 saturated heterocycles. The molecule has 0 aliphatic heterocycles. The summed E-state index contributed by atoms with van der Waals surface area (Å²) in [5.41, 5.74) is 1.40. The Labute approximate surface area is 186 Å². The van der Waals surface area contributed by atoms with Gasteiger partial charge >= 0.3 is 0 Å². The number of nitrogens with zero attached hydrogens (tertiary/aromatic N) is 2. The number of likely N-dealkylation sites (N-methyl/N-ethyl adjacent to an activating group) is 1. The van der Waals surface area contributed by atoms with Gasteiger partial charge in [0.1, 0.15) is 12.6 Å². The van der Waals surface area contributed by atoms with Crippen molar-refractivity contribution in [1.82, 2.24) is 10.2 Å². The molecule has 0 bridgehead atoms. The van der Waals surface area contributed by atoms with Crippen LogP contribution in [-0.4, -0.2) is 57.6 Å². The summed E-state index contributed by atoms with van der Waals surface area (Å²) in [4.78, 5) is 26.8. The predicted molar refractivity (Wildman–Crippen MR) is 122 cm³/mol. The molecule has 2 aromatic carbocycles. The van der Waals surface area contributed by atoms with Gasteiger partial charge in [-0.3, -0.25) is 13.9 Å². The van der Waals surface area contributed by atoms with Crippen molar-refractivity contribution in [2.75, 3.05) is 30.7 Å². The molecule has 9 heteroatoms. The van der Waals surface area contributed by atoms with Gasteiger partial charge in [0.15, 0.2) is 0 Å². The average Bonchev–Trinajstić information content (AvgIpc) is 2.72. The lowest BCUT2D eigenvalue weighted by atomic mass is 10.1. The van der Waals surface area contributed by atoms with Gasteiger partial charge in [0.25, 0.3) is 0 Å². The third kappa shape index (κ3) is 6.56. The molecule has 7 nitrogen and oxygen atoms in total. The zero-order valence-electron chi connectivity index (χ0n) is 17.2. The molecule has 1 unspecified atom stereocenters. The lowest BCUT2D eigenvalue weighted by molar-refractivity contribution is -0.138. The molecule has 162 valence electrons. The Morgan fingerprint density at radius 1 is 1.07 bits per heavy atom. The summed E-state index contributed by atoms with van der Waals surface area (Å²) < 4.78 is 26.6. The highest BCUT2D eigenvalue weighted by Crippen LogP contribution is 2.21. The number of carbonyl (C=O) groups excluding carboxylic acids is 2. The van der Waals surface area contributed by atoms with Gasteiger partial charge in [-0.05, 0) is 43.2 Å². The Morgan fingerprint density at radius 3 is 2.20 bits per heavy atom. The monoisotopic (exact) mass is 495 g/mol. The van der Waals surface area contributed by atoms with Gasteiger partial charge in [-0.25, -0.2) is 8.42 Å². The fourth-order valence-electron chi connectivity index (χ4n) is 3.00. The summed E-state index contributed by atoms with van der Waals surface area (Å²) >= 11 is 3.32. The van der Waals surface area contributed by atoms with E-state index in [1.807, 2.05) is 30.3 Å². The van der Waals surface area contributed by atoms with E-state index in [1.54, 1.807) is 31.2 Å². The second-order valence-electron chi connectivity index (χ2n) is 6.86. The lowest BCUT2D eigenvalue weighted by Crippen LogP contribution is -2.51. The number of sulfonamides is 1. The van der Waals surface area contributed by atoms with Crippen molar-refractivity contribution in [3.63, 3.8) is 0 Å². The molecule has 0 aliphatic rings. The maximum absolute atomic E-state index is 13.2. The topological polar surface area (TPSA) is 86.8 Å². The van der Waals surface area contributed by atoms with Crippen molar-refractivity contribution in [2.24, 2.45) is 0 Å². The molecule has 0 radical (unpaired) electrons. The average molecular weight is 496 g/mol. The summed E-state index contributed by atoms with van der Waals surface area (Å²) in [5, 5.41) is 2.55. The van der Waals surface area contributed by atoms with Crippen LogP contribution < -0.4 is 9.62 Å². The molecule has 30 heavy (non-hydrogen) atoms. The molecular weight excluding hydrogens is 470 g/mol. The fraction of sp³-hybridized carbons (Fsp3) is 0.333. The van der Waals surface area contributed by atoms with E-state index in [2.05, 4.69) is 21.2 Å². The standard InChI is InChI=1S/C21H26BrN3O4S/c1-16(21(27)23-2)24(14-13-17-7-5-4-6-8-17)20(26)15-25(30(3,28)29)19-11-9-18(22)10-12-19/h4-12,16H,13-15H2,1-3H3,(H,23,27). The van der Waals surface area contributed by atoms with Crippen molar-refractivity contribution in [3.8, 4) is 0 Å². The fourth-order valence-corrected chi connectivity index (χ4v) is 4.11. The van der Waals surface area contributed by atoms with E-state index < -0.39 is 28.5 Å². The molecular formula is C21H26BrN3O4S. The highest BCUT2D eigenvalue weighted by Gasteiger charge is 2.29. The zero-order valence-corrected chi connectivity index (χ0v) is 19.6. The van der Waals surface area contributed by atoms with Crippen molar-refractivity contribution < 1.29 is 18.0 Å². The Balaban J connectivity index is 2.27. The van der Waals surface area contributed by atoms with Crippen LogP contribution in [0.5, 0.6) is 0 Å². The van der Waals surface area contributed by atoms with Crippen LogP contribution in [0.4, 0.5) is 5.69 Å². The Kier molecular flexibility index (Phi) is 8.43. The first kappa shape index (κ1) is 23.9. The van der Waals surface area contributed by atoms with Crippen LogP contribution in [0.1, 0.15) is 12.5 Å². The summed E-state index contributed by atoms with van der Waals surface area (Å²) in [6.07, 6.45) is 1.60. The van der Waals surface area contributed by atoms with Gasteiger partial charge in [-0.2, -0.15) is 0 Å². The molecule has 1 atom stereocenters. The second kappa shape index (κ2) is 10.6. The number of anilines is 1. The highest BCUT2D eigenvalue weighted by molar-refractivity contribution is 9.10. The zero-order chi connectivity index (χ0) is 22.3. The van der Waals surface area contributed by atoms with Crippen LogP contribution in [0.3, 0.4) is 0 Å². The van der Waals surface area contributed by atoms with Crippen LogP contribution in [0, 0.1) is 0 Å². The lowest BCUT2D eigenvalue weighted by Gasteiger charge is -2.31. The minimum absolute atomic E-state index is 0.287. The summed E-state index contributed by atoms with van der Waals surface area (Å²) in [6, 6.07) is 15.5. The SMILES string of the molecule is CNC(=O)C(C)N(CCc1ccccc1)C(=O)CN(c1ccc(Br)cc1)S(C)(=O)=O. The van der Waals surface area contributed by atoms with Gasteiger partial charge in [-0.15, -0.1) is 0 Å². The van der Waals surface area contributed by atoms with E-state index in [0.717, 1.165) is 20.6 Å². The molecule has 0 saturated carbocycles. The number of hydrogen-bond acceptors (Lipinski definition) is 4. The molecule has 0 aliphatic carbocycles. The molecule has 0 fully saturated rings. The van der Waals surface area contributed by atoms with Gasteiger partial charge in [0.05, 0.1) is 11.9 Å². The van der Waals surface area contributed by atoms with Crippen LogP contribution in [-0.2, 0) is 26.0 Å². The van der Waals surface area contributed by atoms with Crippen LogP contribution >= 0.6 is 15.9 Å². The molecule has 2 rings (SSSR count). The van der Waals surface area contributed by atoms with Gasteiger partial charge in [-0.1, -0.05) is 46.3 Å². The Hall–Kier alpha value is -2.39. The molecule has 1 N–H and O–H groups in total. The number of nitrogens with one attached hydrogen (secondary N) is 1. The predicted octanol–water partition coefficient (Wildman–Crippen LogP) is 2.42. The van der Waals surface area contributed by atoms with E-state index in [4.69, 9.17) is 0 Å². The molecule has 0 aromatic heterocycles. The Bertz CT molecular complexity index is 966. The molecule has 2 aromatic rings. The van der Waals surface area contributed by atoms with Gasteiger partial charge in [0, 0.05) is 18.1 Å². The maximum Gasteiger partial charge on any atom is 0.244 e. The van der Waals surface area contributed by atoms with Crippen molar-refractivity contribution in [2.45, 2.75) is 19.4 Å². The van der Waals surface area contributed by atoms with Gasteiger partial charge < -0.3 is 10.2 Å². The number of amides is 2. The number of rotatable bonds is 9. The van der Waals surface area contributed by atoms with Crippen LogP contribution in [0.25, 0.3) is 0 Å². The minimum Gasteiger partial charge on any atom is -0.357 e. The van der Waals surface area contributed by atoms with E-state index >= 15 is 0 Å². The number of carbonyl (C=O) groups is 2. The second-order valence-corrected chi connectivity index (χ2v) is 9.68. The first-order valence-electron chi connectivity index (χ1n) is 9.41. The van der Waals surface area contributed by atoms with Crippen molar-refractivity contribution in [1.29, 1.82) is 0 Å². The van der Waals surface area contributed by atoms with Gasteiger partial charge in [0.2, 0.25) is 21.8 Å². The highest BCUT2D eigenvalue weighted by atomic mass is 79.9. The van der Waals surface area contributed by atoms with E-state index in [1.165, 1.54) is 11.9 Å². The van der Waals surface area contributed by atoms with Crippen LogP contribution in [0.15, 0.2) is 59.1 Å². The van der Waals surface area contributed by atoms with E-state index in [9.17, 15) is 18.0 Å². The molecule has 0 spiro atoms. The third-order valence-electron chi connectivity index (χ3n) is 4.69. The van der Waals surface area contributed by atoms with Crippen LogP contribution in [0.2, 0.25) is 0 Å². The largest absolute Gasteiger partial charge is 0.357 e.